The fourth-order valence-corrected chi connectivity index (χ4v) is 3.98. The molecule has 1 N–H and O–H groups in total. The molecule has 0 radical (unpaired) electrons. The van der Waals surface area contributed by atoms with Gasteiger partial charge in [-0.25, -0.2) is 0 Å². The molecular formula is C18H20O2S. The molecule has 1 aliphatic rings. The molecule has 1 aliphatic heterocycles. The summed E-state index contributed by atoms with van der Waals surface area (Å²) in [6.45, 7) is 4.01. The number of fused-ring (bicyclic) bond motifs is 1. The van der Waals surface area contributed by atoms with Crippen molar-refractivity contribution in [3.8, 4) is 5.75 Å². The van der Waals surface area contributed by atoms with Gasteiger partial charge in [0.1, 0.15) is 5.75 Å². The van der Waals surface area contributed by atoms with Gasteiger partial charge in [0.05, 0.1) is 12.2 Å². The summed E-state index contributed by atoms with van der Waals surface area (Å²) < 4.78 is 5.71. The van der Waals surface area contributed by atoms with Crippen LogP contribution in [0.4, 0.5) is 0 Å². The number of benzene rings is 2. The van der Waals surface area contributed by atoms with E-state index >= 15 is 0 Å². The highest BCUT2D eigenvalue weighted by atomic mass is 32.2. The fourth-order valence-electron chi connectivity index (χ4n) is 2.64. The third kappa shape index (κ3) is 3.25. The second kappa shape index (κ2) is 6.12. The lowest BCUT2D eigenvalue weighted by Crippen LogP contribution is -2.14. The number of aliphatic hydroxyl groups is 1. The first-order chi connectivity index (χ1) is 10.1. The number of ether oxygens (including phenoxy) is 1. The van der Waals surface area contributed by atoms with Gasteiger partial charge in [0.2, 0.25) is 0 Å². The maximum absolute atomic E-state index is 10.7. The van der Waals surface area contributed by atoms with Gasteiger partial charge in [0.25, 0.3) is 0 Å². The molecule has 110 valence electrons. The molecule has 0 saturated heterocycles. The van der Waals surface area contributed by atoms with Crippen molar-refractivity contribution < 1.29 is 9.84 Å². The van der Waals surface area contributed by atoms with Crippen LogP contribution in [0.1, 0.15) is 31.1 Å². The van der Waals surface area contributed by atoms with Gasteiger partial charge in [0, 0.05) is 10.1 Å². The zero-order valence-electron chi connectivity index (χ0n) is 12.3. The van der Waals surface area contributed by atoms with Crippen molar-refractivity contribution in [2.45, 2.75) is 42.6 Å². The first kappa shape index (κ1) is 14.5. The SMILES string of the molecule is CC(C)Oc1cccc(C(O)C2Cc3ccccc3S2)c1. The molecule has 3 rings (SSSR count). The van der Waals surface area contributed by atoms with E-state index in [-0.39, 0.29) is 11.4 Å². The Kier molecular flexibility index (Phi) is 4.22. The van der Waals surface area contributed by atoms with E-state index < -0.39 is 6.10 Å². The maximum atomic E-state index is 10.7. The van der Waals surface area contributed by atoms with Crippen LogP contribution in [0.3, 0.4) is 0 Å². The van der Waals surface area contributed by atoms with Crippen LogP contribution >= 0.6 is 11.8 Å². The molecule has 2 atom stereocenters. The molecule has 3 heteroatoms. The van der Waals surface area contributed by atoms with Crippen LogP contribution in [0, 0.1) is 0 Å². The van der Waals surface area contributed by atoms with Crippen molar-refractivity contribution in [2.75, 3.05) is 0 Å². The fraction of sp³-hybridized carbons (Fsp3) is 0.333. The predicted molar refractivity (Wildman–Crippen MR) is 87.0 cm³/mol. The molecule has 0 saturated carbocycles. The summed E-state index contributed by atoms with van der Waals surface area (Å²) in [4.78, 5) is 1.29. The highest BCUT2D eigenvalue weighted by Crippen LogP contribution is 2.42. The summed E-state index contributed by atoms with van der Waals surface area (Å²) >= 11 is 1.77. The first-order valence-electron chi connectivity index (χ1n) is 7.33. The summed E-state index contributed by atoms with van der Waals surface area (Å²) in [6.07, 6.45) is 0.581. The quantitative estimate of drug-likeness (QED) is 0.916. The molecule has 2 aromatic rings. The first-order valence-corrected chi connectivity index (χ1v) is 8.20. The average molecular weight is 300 g/mol. The number of thioether (sulfide) groups is 1. The lowest BCUT2D eigenvalue weighted by molar-refractivity contribution is 0.174. The van der Waals surface area contributed by atoms with Crippen LogP contribution in [-0.4, -0.2) is 16.5 Å². The van der Waals surface area contributed by atoms with E-state index in [0.717, 1.165) is 17.7 Å². The van der Waals surface area contributed by atoms with Crippen molar-refractivity contribution in [1.29, 1.82) is 0 Å². The van der Waals surface area contributed by atoms with E-state index in [1.54, 1.807) is 11.8 Å². The monoisotopic (exact) mass is 300 g/mol. The second-order valence-corrected chi connectivity index (χ2v) is 6.93. The lowest BCUT2D eigenvalue weighted by atomic mass is 10.0. The minimum absolute atomic E-state index is 0.141. The highest BCUT2D eigenvalue weighted by molar-refractivity contribution is 8.00. The van der Waals surface area contributed by atoms with Gasteiger partial charge < -0.3 is 9.84 Å². The van der Waals surface area contributed by atoms with Gasteiger partial charge >= 0.3 is 0 Å². The van der Waals surface area contributed by atoms with Gasteiger partial charge in [-0.1, -0.05) is 30.3 Å². The Morgan fingerprint density at radius 3 is 2.71 bits per heavy atom. The summed E-state index contributed by atoms with van der Waals surface area (Å²) in [5.41, 5.74) is 2.26. The van der Waals surface area contributed by atoms with E-state index in [4.69, 9.17) is 4.74 Å². The molecule has 0 aliphatic carbocycles. The summed E-state index contributed by atoms with van der Waals surface area (Å²) in [5, 5.41) is 10.9. The number of hydrogen-bond acceptors (Lipinski definition) is 3. The summed E-state index contributed by atoms with van der Waals surface area (Å²) in [6, 6.07) is 16.2. The zero-order valence-corrected chi connectivity index (χ0v) is 13.1. The van der Waals surface area contributed by atoms with E-state index in [1.807, 2.05) is 38.1 Å². The molecule has 2 unspecified atom stereocenters. The normalized spacial score (nSPS) is 18.6. The Labute approximate surface area is 130 Å². The third-order valence-corrected chi connectivity index (χ3v) is 4.98. The van der Waals surface area contributed by atoms with Crippen LogP contribution in [0.15, 0.2) is 53.4 Å². The molecule has 0 spiro atoms. The molecular weight excluding hydrogens is 280 g/mol. The van der Waals surface area contributed by atoms with Crippen LogP contribution in [0.25, 0.3) is 0 Å². The molecule has 0 amide bonds. The van der Waals surface area contributed by atoms with Crippen molar-refractivity contribution in [3.63, 3.8) is 0 Å². The van der Waals surface area contributed by atoms with Crippen LogP contribution in [0.2, 0.25) is 0 Å². The largest absolute Gasteiger partial charge is 0.491 e. The smallest absolute Gasteiger partial charge is 0.120 e. The molecule has 2 aromatic carbocycles. The Morgan fingerprint density at radius 1 is 1.14 bits per heavy atom. The molecule has 0 fully saturated rings. The predicted octanol–water partition coefficient (Wildman–Crippen LogP) is 4.22. The van der Waals surface area contributed by atoms with E-state index in [2.05, 4.69) is 24.3 Å². The Bertz CT molecular complexity index is 599. The van der Waals surface area contributed by atoms with Crippen LogP contribution in [0.5, 0.6) is 5.75 Å². The van der Waals surface area contributed by atoms with Crippen LogP contribution < -0.4 is 4.74 Å². The standard InChI is InChI=1S/C18H20O2S/c1-12(2)20-15-8-5-7-14(10-15)18(19)17-11-13-6-3-4-9-16(13)21-17/h3-10,12,17-19H,11H2,1-2H3. The van der Waals surface area contributed by atoms with Crippen molar-refractivity contribution >= 4 is 11.8 Å². The lowest BCUT2D eigenvalue weighted by Gasteiger charge is -2.19. The topological polar surface area (TPSA) is 29.5 Å². The minimum atomic E-state index is -0.474. The second-order valence-electron chi connectivity index (χ2n) is 5.65. The van der Waals surface area contributed by atoms with E-state index in [1.165, 1.54) is 10.5 Å². The zero-order chi connectivity index (χ0) is 14.8. The van der Waals surface area contributed by atoms with Gasteiger partial charge in [-0.2, -0.15) is 0 Å². The van der Waals surface area contributed by atoms with Gasteiger partial charge in [-0.05, 0) is 49.6 Å². The van der Waals surface area contributed by atoms with Crippen LogP contribution in [-0.2, 0) is 6.42 Å². The average Bonchev–Trinajstić information content (AvgIpc) is 2.90. The Morgan fingerprint density at radius 2 is 1.95 bits per heavy atom. The van der Waals surface area contributed by atoms with Gasteiger partial charge in [-0.15, -0.1) is 11.8 Å². The van der Waals surface area contributed by atoms with E-state index in [9.17, 15) is 5.11 Å². The summed E-state index contributed by atoms with van der Waals surface area (Å²) in [5.74, 6) is 0.821. The number of hydrogen-bond donors (Lipinski definition) is 1. The minimum Gasteiger partial charge on any atom is -0.491 e. The third-order valence-electron chi connectivity index (χ3n) is 3.60. The highest BCUT2D eigenvalue weighted by Gasteiger charge is 2.29. The Balaban J connectivity index is 1.76. The Hall–Kier alpha value is -1.45. The van der Waals surface area contributed by atoms with Gasteiger partial charge in [0.15, 0.2) is 0 Å². The molecule has 2 nitrogen and oxygen atoms in total. The van der Waals surface area contributed by atoms with Crippen molar-refractivity contribution in [3.05, 3.63) is 59.7 Å². The van der Waals surface area contributed by atoms with Crippen molar-refractivity contribution in [2.24, 2.45) is 0 Å². The molecule has 1 heterocycles. The van der Waals surface area contributed by atoms with Gasteiger partial charge in [-0.3, -0.25) is 0 Å². The molecule has 0 aromatic heterocycles. The number of rotatable bonds is 4. The molecule has 21 heavy (non-hydrogen) atoms. The van der Waals surface area contributed by atoms with Crippen molar-refractivity contribution in [1.82, 2.24) is 0 Å². The molecule has 0 bridgehead atoms. The summed E-state index contributed by atoms with van der Waals surface area (Å²) in [7, 11) is 0. The van der Waals surface area contributed by atoms with E-state index in [0.29, 0.717) is 0 Å². The maximum Gasteiger partial charge on any atom is 0.120 e. The number of aliphatic hydroxyl groups excluding tert-OH is 1.